The summed E-state index contributed by atoms with van der Waals surface area (Å²) in [5, 5.41) is 3.61. The minimum atomic E-state index is -0.162. The maximum absolute atomic E-state index is 12.9. The Morgan fingerprint density at radius 3 is 2.39 bits per heavy atom. The molecule has 1 aromatic carbocycles. The van der Waals surface area contributed by atoms with E-state index in [1.165, 1.54) is 44.2 Å². The maximum Gasteiger partial charge on any atom is 0.123 e. The van der Waals surface area contributed by atoms with Crippen LogP contribution < -0.4 is 5.32 Å². The molecule has 0 saturated heterocycles. The number of hydrogen-bond acceptors (Lipinski definition) is 1. The van der Waals surface area contributed by atoms with Gasteiger partial charge in [-0.3, -0.25) is 0 Å². The standard InChI is InChI=1S/C16H24FN/c1-13(14-6-8-15(17)9-7-14)18-12-16(2)10-4-3-5-11-16/h6-9,13,18H,3-5,10-12H2,1-2H3. The van der Waals surface area contributed by atoms with Crippen molar-refractivity contribution in [1.29, 1.82) is 0 Å². The van der Waals surface area contributed by atoms with Gasteiger partial charge >= 0.3 is 0 Å². The second-order valence-electron chi connectivity index (χ2n) is 6.03. The lowest BCUT2D eigenvalue weighted by molar-refractivity contribution is 0.202. The van der Waals surface area contributed by atoms with Crippen molar-refractivity contribution in [2.24, 2.45) is 5.41 Å². The number of rotatable bonds is 4. The van der Waals surface area contributed by atoms with E-state index >= 15 is 0 Å². The van der Waals surface area contributed by atoms with Gasteiger partial charge in [0, 0.05) is 12.6 Å². The highest BCUT2D eigenvalue weighted by atomic mass is 19.1. The first-order valence-electron chi connectivity index (χ1n) is 7.08. The molecule has 0 amide bonds. The first kappa shape index (κ1) is 13.5. The Balaban J connectivity index is 1.87. The van der Waals surface area contributed by atoms with Crippen LogP contribution in [0, 0.1) is 11.2 Å². The van der Waals surface area contributed by atoms with Crippen molar-refractivity contribution in [1.82, 2.24) is 5.32 Å². The lowest BCUT2D eigenvalue weighted by Gasteiger charge is -2.35. The summed E-state index contributed by atoms with van der Waals surface area (Å²) < 4.78 is 12.9. The molecule has 2 heteroatoms. The molecule has 0 aromatic heterocycles. The van der Waals surface area contributed by atoms with Crippen LogP contribution in [0.15, 0.2) is 24.3 Å². The van der Waals surface area contributed by atoms with Gasteiger partial charge in [0.15, 0.2) is 0 Å². The first-order valence-corrected chi connectivity index (χ1v) is 7.08. The van der Waals surface area contributed by atoms with E-state index in [4.69, 9.17) is 0 Å². The largest absolute Gasteiger partial charge is 0.310 e. The zero-order valence-electron chi connectivity index (χ0n) is 11.5. The van der Waals surface area contributed by atoms with Crippen molar-refractivity contribution in [2.45, 2.75) is 52.0 Å². The van der Waals surface area contributed by atoms with Gasteiger partial charge in [-0.05, 0) is 42.9 Å². The summed E-state index contributed by atoms with van der Waals surface area (Å²) >= 11 is 0. The predicted octanol–water partition coefficient (Wildman–Crippen LogP) is 4.45. The fourth-order valence-electron chi connectivity index (χ4n) is 2.85. The van der Waals surface area contributed by atoms with Gasteiger partial charge in [0.05, 0.1) is 0 Å². The molecule has 0 aliphatic heterocycles. The van der Waals surface area contributed by atoms with E-state index in [1.807, 2.05) is 12.1 Å². The Morgan fingerprint density at radius 1 is 1.17 bits per heavy atom. The molecule has 1 nitrogen and oxygen atoms in total. The van der Waals surface area contributed by atoms with Crippen LogP contribution in [0.4, 0.5) is 4.39 Å². The van der Waals surface area contributed by atoms with Crippen LogP contribution in [-0.4, -0.2) is 6.54 Å². The van der Waals surface area contributed by atoms with Crippen LogP contribution in [0.3, 0.4) is 0 Å². The molecule has 1 saturated carbocycles. The van der Waals surface area contributed by atoms with E-state index in [2.05, 4.69) is 19.2 Å². The molecule has 0 heterocycles. The van der Waals surface area contributed by atoms with Gasteiger partial charge in [0.25, 0.3) is 0 Å². The molecular formula is C16H24FN. The van der Waals surface area contributed by atoms with E-state index in [0.717, 1.165) is 12.1 Å². The van der Waals surface area contributed by atoms with E-state index < -0.39 is 0 Å². The van der Waals surface area contributed by atoms with Crippen LogP contribution >= 0.6 is 0 Å². The zero-order valence-corrected chi connectivity index (χ0v) is 11.5. The second-order valence-corrected chi connectivity index (χ2v) is 6.03. The smallest absolute Gasteiger partial charge is 0.123 e. The molecule has 1 N–H and O–H groups in total. The zero-order chi connectivity index (χ0) is 13.0. The van der Waals surface area contributed by atoms with Crippen molar-refractivity contribution < 1.29 is 4.39 Å². The average molecular weight is 249 g/mol. The lowest BCUT2D eigenvalue weighted by Crippen LogP contribution is -2.34. The van der Waals surface area contributed by atoms with E-state index in [-0.39, 0.29) is 5.82 Å². The second kappa shape index (κ2) is 5.83. The lowest BCUT2D eigenvalue weighted by atomic mass is 9.75. The van der Waals surface area contributed by atoms with Gasteiger partial charge in [0.2, 0.25) is 0 Å². The van der Waals surface area contributed by atoms with E-state index in [0.29, 0.717) is 11.5 Å². The van der Waals surface area contributed by atoms with Crippen molar-refractivity contribution in [3.8, 4) is 0 Å². The molecule has 100 valence electrons. The van der Waals surface area contributed by atoms with E-state index in [9.17, 15) is 4.39 Å². The highest BCUT2D eigenvalue weighted by Crippen LogP contribution is 2.35. The number of nitrogens with one attached hydrogen (secondary N) is 1. The third kappa shape index (κ3) is 3.55. The van der Waals surface area contributed by atoms with E-state index in [1.54, 1.807) is 0 Å². The normalized spacial score (nSPS) is 20.6. The third-order valence-corrected chi connectivity index (χ3v) is 4.27. The maximum atomic E-state index is 12.9. The average Bonchev–Trinajstić information content (AvgIpc) is 2.38. The monoisotopic (exact) mass is 249 g/mol. The van der Waals surface area contributed by atoms with Crippen LogP contribution in [0.5, 0.6) is 0 Å². The van der Waals surface area contributed by atoms with Gasteiger partial charge in [-0.1, -0.05) is 38.3 Å². The summed E-state index contributed by atoms with van der Waals surface area (Å²) in [4.78, 5) is 0. The molecule has 1 atom stereocenters. The van der Waals surface area contributed by atoms with Crippen molar-refractivity contribution in [3.63, 3.8) is 0 Å². The number of benzene rings is 1. The van der Waals surface area contributed by atoms with Gasteiger partial charge in [-0.25, -0.2) is 4.39 Å². The van der Waals surface area contributed by atoms with Crippen LogP contribution in [0.25, 0.3) is 0 Å². The summed E-state index contributed by atoms with van der Waals surface area (Å²) in [6.07, 6.45) is 6.78. The number of halogens is 1. The Kier molecular flexibility index (Phi) is 4.39. The number of hydrogen-bond donors (Lipinski definition) is 1. The third-order valence-electron chi connectivity index (χ3n) is 4.27. The molecule has 0 radical (unpaired) electrons. The molecule has 1 fully saturated rings. The Bertz CT molecular complexity index is 365. The van der Waals surface area contributed by atoms with Crippen molar-refractivity contribution in [2.75, 3.05) is 6.54 Å². The fraction of sp³-hybridized carbons (Fsp3) is 0.625. The van der Waals surface area contributed by atoms with Crippen molar-refractivity contribution in [3.05, 3.63) is 35.6 Å². The molecule has 18 heavy (non-hydrogen) atoms. The van der Waals surface area contributed by atoms with Gasteiger partial charge in [-0.15, -0.1) is 0 Å². The van der Waals surface area contributed by atoms with Gasteiger partial charge < -0.3 is 5.32 Å². The van der Waals surface area contributed by atoms with Crippen LogP contribution in [-0.2, 0) is 0 Å². The Labute approximate surface area is 110 Å². The minimum absolute atomic E-state index is 0.162. The molecular weight excluding hydrogens is 225 g/mol. The summed E-state index contributed by atoms with van der Waals surface area (Å²) in [6.45, 7) is 5.60. The Hall–Kier alpha value is -0.890. The molecule has 1 aliphatic rings. The topological polar surface area (TPSA) is 12.0 Å². The van der Waals surface area contributed by atoms with Gasteiger partial charge in [-0.2, -0.15) is 0 Å². The molecule has 1 aromatic rings. The highest BCUT2D eigenvalue weighted by Gasteiger charge is 2.26. The fourth-order valence-corrected chi connectivity index (χ4v) is 2.85. The summed E-state index contributed by atoms with van der Waals surface area (Å²) in [7, 11) is 0. The van der Waals surface area contributed by atoms with Crippen LogP contribution in [0.2, 0.25) is 0 Å². The highest BCUT2D eigenvalue weighted by molar-refractivity contribution is 5.19. The Morgan fingerprint density at radius 2 is 1.78 bits per heavy atom. The SMILES string of the molecule is CC(NCC1(C)CCCCC1)c1ccc(F)cc1. The summed E-state index contributed by atoms with van der Waals surface area (Å²) in [5.41, 5.74) is 1.61. The van der Waals surface area contributed by atoms with Crippen LogP contribution in [0.1, 0.15) is 57.6 Å². The first-order chi connectivity index (χ1) is 8.59. The molecule has 1 aliphatic carbocycles. The molecule has 1 unspecified atom stereocenters. The summed E-state index contributed by atoms with van der Waals surface area (Å²) in [6, 6.07) is 7.11. The predicted molar refractivity (Wildman–Crippen MR) is 74.0 cm³/mol. The quantitative estimate of drug-likeness (QED) is 0.831. The van der Waals surface area contributed by atoms with Crippen molar-refractivity contribution >= 4 is 0 Å². The summed E-state index contributed by atoms with van der Waals surface area (Å²) in [5.74, 6) is -0.162. The minimum Gasteiger partial charge on any atom is -0.310 e. The van der Waals surface area contributed by atoms with Gasteiger partial charge in [0.1, 0.15) is 5.82 Å². The molecule has 0 spiro atoms. The molecule has 2 rings (SSSR count). The molecule has 0 bridgehead atoms.